The molecule has 1 aromatic carbocycles. The van der Waals surface area contributed by atoms with E-state index in [2.05, 4.69) is 10.9 Å². The molecule has 0 radical (unpaired) electrons. The van der Waals surface area contributed by atoms with Gasteiger partial charge in [0.05, 0.1) is 5.56 Å². The minimum atomic E-state index is -1.62. The highest BCUT2D eigenvalue weighted by Gasteiger charge is 2.25. The smallest absolute Gasteiger partial charge is 0.338 e. The standard InChI is InChI=1S/C14H19FN2O4/c1-8(2)12(18)16-17-14(3,21)7-9-5-4-6-10(11(9)15)13(19)20/h4-6,8,17,21H,7H2,1-3H3,(H,16,18)(H,19,20). The molecule has 0 saturated carbocycles. The van der Waals surface area contributed by atoms with E-state index in [1.807, 2.05) is 0 Å². The molecule has 21 heavy (non-hydrogen) atoms. The molecule has 7 heteroatoms. The highest BCUT2D eigenvalue weighted by Crippen LogP contribution is 2.17. The number of hydrazine groups is 1. The highest BCUT2D eigenvalue weighted by molar-refractivity contribution is 5.88. The number of halogens is 1. The molecule has 6 nitrogen and oxygen atoms in total. The van der Waals surface area contributed by atoms with E-state index in [1.165, 1.54) is 19.1 Å². The van der Waals surface area contributed by atoms with Crippen molar-refractivity contribution in [2.75, 3.05) is 0 Å². The Morgan fingerprint density at radius 3 is 2.52 bits per heavy atom. The van der Waals surface area contributed by atoms with Crippen LogP contribution in [0.5, 0.6) is 0 Å². The van der Waals surface area contributed by atoms with Gasteiger partial charge in [-0.1, -0.05) is 26.0 Å². The fourth-order valence-electron chi connectivity index (χ4n) is 1.64. The highest BCUT2D eigenvalue weighted by atomic mass is 19.1. The monoisotopic (exact) mass is 298 g/mol. The minimum Gasteiger partial charge on any atom is -0.478 e. The summed E-state index contributed by atoms with van der Waals surface area (Å²) < 4.78 is 14.0. The normalized spacial score (nSPS) is 13.8. The molecular weight excluding hydrogens is 279 g/mol. The number of rotatable bonds is 6. The zero-order chi connectivity index (χ0) is 16.2. The number of benzene rings is 1. The van der Waals surface area contributed by atoms with E-state index >= 15 is 0 Å². The minimum absolute atomic E-state index is 0.0335. The van der Waals surface area contributed by atoms with Gasteiger partial charge in [-0.25, -0.2) is 14.6 Å². The summed E-state index contributed by atoms with van der Waals surface area (Å²) in [6.45, 7) is 4.71. The molecule has 0 heterocycles. The first kappa shape index (κ1) is 17.1. The van der Waals surface area contributed by atoms with Crippen LogP contribution < -0.4 is 10.9 Å². The van der Waals surface area contributed by atoms with Crippen LogP contribution in [0.2, 0.25) is 0 Å². The largest absolute Gasteiger partial charge is 0.478 e. The lowest BCUT2D eigenvalue weighted by Gasteiger charge is -2.26. The van der Waals surface area contributed by atoms with E-state index in [-0.39, 0.29) is 23.8 Å². The number of carbonyl (C=O) groups excluding carboxylic acids is 1. The van der Waals surface area contributed by atoms with E-state index in [0.717, 1.165) is 6.07 Å². The van der Waals surface area contributed by atoms with Crippen LogP contribution in [0.25, 0.3) is 0 Å². The van der Waals surface area contributed by atoms with E-state index < -0.39 is 23.1 Å². The summed E-state index contributed by atoms with van der Waals surface area (Å²) in [5.41, 5.74) is 2.68. The average Bonchev–Trinajstić information content (AvgIpc) is 2.37. The van der Waals surface area contributed by atoms with Gasteiger partial charge in [-0.2, -0.15) is 0 Å². The molecule has 0 aliphatic heterocycles. The van der Waals surface area contributed by atoms with E-state index in [9.17, 15) is 19.1 Å². The lowest BCUT2D eigenvalue weighted by atomic mass is 10.0. The SMILES string of the molecule is CC(C)C(=O)NNC(C)(O)Cc1cccc(C(=O)O)c1F. The Bertz CT molecular complexity index is 544. The number of amides is 1. The summed E-state index contributed by atoms with van der Waals surface area (Å²) in [5.74, 6) is -2.88. The van der Waals surface area contributed by atoms with Crippen molar-refractivity contribution in [3.8, 4) is 0 Å². The van der Waals surface area contributed by atoms with Gasteiger partial charge in [0.2, 0.25) is 5.91 Å². The number of hydrogen-bond acceptors (Lipinski definition) is 4. The Labute approximate surface area is 121 Å². The predicted octanol–water partition coefficient (Wildman–Crippen LogP) is 1.05. The molecule has 1 amide bonds. The van der Waals surface area contributed by atoms with Crippen molar-refractivity contribution in [1.82, 2.24) is 10.9 Å². The second-order valence-corrected chi connectivity index (χ2v) is 5.30. The molecular formula is C14H19FN2O4. The zero-order valence-electron chi connectivity index (χ0n) is 12.1. The number of aliphatic hydroxyl groups is 1. The van der Waals surface area contributed by atoms with Crippen molar-refractivity contribution in [3.63, 3.8) is 0 Å². The van der Waals surface area contributed by atoms with Crippen LogP contribution in [0, 0.1) is 11.7 Å². The molecule has 1 aromatic rings. The lowest BCUT2D eigenvalue weighted by molar-refractivity contribution is -0.127. The quantitative estimate of drug-likeness (QED) is 0.465. The van der Waals surface area contributed by atoms with Crippen LogP contribution in [0.3, 0.4) is 0 Å². The maximum atomic E-state index is 14.0. The fraction of sp³-hybridized carbons (Fsp3) is 0.429. The molecule has 1 atom stereocenters. The predicted molar refractivity (Wildman–Crippen MR) is 73.8 cm³/mol. The number of hydrogen-bond donors (Lipinski definition) is 4. The summed E-state index contributed by atoms with van der Waals surface area (Å²) in [5, 5.41) is 19.0. The Kier molecular flexibility index (Phi) is 5.40. The van der Waals surface area contributed by atoms with E-state index in [4.69, 9.17) is 5.11 Å². The molecule has 0 aliphatic carbocycles. The number of carboxylic acid groups (broad SMARTS) is 1. The van der Waals surface area contributed by atoms with Gasteiger partial charge in [0.1, 0.15) is 11.5 Å². The molecule has 116 valence electrons. The summed E-state index contributed by atoms with van der Waals surface area (Å²) in [6, 6.07) is 3.91. The maximum Gasteiger partial charge on any atom is 0.338 e. The van der Waals surface area contributed by atoms with Gasteiger partial charge < -0.3 is 10.2 Å². The van der Waals surface area contributed by atoms with Crippen molar-refractivity contribution in [1.29, 1.82) is 0 Å². The van der Waals surface area contributed by atoms with Gasteiger partial charge in [-0.15, -0.1) is 0 Å². The molecule has 0 aliphatic rings. The van der Waals surface area contributed by atoms with E-state index in [1.54, 1.807) is 13.8 Å². The van der Waals surface area contributed by atoms with Gasteiger partial charge in [0.15, 0.2) is 0 Å². The van der Waals surface area contributed by atoms with Gasteiger partial charge in [-0.05, 0) is 18.6 Å². The summed E-state index contributed by atoms with van der Waals surface area (Å²) in [7, 11) is 0. The maximum absolute atomic E-state index is 14.0. The van der Waals surface area contributed by atoms with E-state index in [0.29, 0.717) is 0 Å². The van der Waals surface area contributed by atoms with Crippen LogP contribution in [-0.2, 0) is 11.2 Å². The second kappa shape index (κ2) is 6.64. The summed E-state index contributed by atoms with van der Waals surface area (Å²) in [4.78, 5) is 22.3. The first-order valence-electron chi connectivity index (χ1n) is 6.44. The first-order valence-corrected chi connectivity index (χ1v) is 6.44. The van der Waals surface area contributed by atoms with Crippen LogP contribution >= 0.6 is 0 Å². The van der Waals surface area contributed by atoms with Gasteiger partial charge >= 0.3 is 5.97 Å². The first-order chi connectivity index (χ1) is 9.64. The van der Waals surface area contributed by atoms with Crippen molar-refractivity contribution < 1.29 is 24.2 Å². The Hall–Kier alpha value is -1.99. The van der Waals surface area contributed by atoms with Crippen LogP contribution in [-0.4, -0.2) is 27.8 Å². The number of carboxylic acids is 1. The number of aromatic carboxylic acids is 1. The van der Waals surface area contributed by atoms with Gasteiger partial charge in [0.25, 0.3) is 0 Å². The lowest BCUT2D eigenvalue weighted by Crippen LogP contribution is -2.54. The Morgan fingerprint density at radius 1 is 1.38 bits per heavy atom. The molecule has 0 fully saturated rings. The van der Waals surface area contributed by atoms with Crippen LogP contribution in [0.4, 0.5) is 4.39 Å². The third-order valence-electron chi connectivity index (χ3n) is 2.82. The molecule has 0 spiro atoms. The van der Waals surface area contributed by atoms with Crippen LogP contribution in [0.15, 0.2) is 18.2 Å². The van der Waals surface area contributed by atoms with Gasteiger partial charge in [-0.3, -0.25) is 10.2 Å². The van der Waals surface area contributed by atoms with Crippen molar-refractivity contribution in [3.05, 3.63) is 35.1 Å². The van der Waals surface area contributed by atoms with Gasteiger partial charge in [0, 0.05) is 12.3 Å². The number of carbonyl (C=O) groups is 2. The van der Waals surface area contributed by atoms with Crippen molar-refractivity contribution in [2.45, 2.75) is 32.9 Å². The summed E-state index contributed by atoms with van der Waals surface area (Å²) >= 11 is 0. The van der Waals surface area contributed by atoms with Crippen LogP contribution in [0.1, 0.15) is 36.7 Å². The third-order valence-corrected chi connectivity index (χ3v) is 2.82. The molecule has 4 N–H and O–H groups in total. The third kappa shape index (κ3) is 4.80. The zero-order valence-corrected chi connectivity index (χ0v) is 12.1. The van der Waals surface area contributed by atoms with Crippen molar-refractivity contribution >= 4 is 11.9 Å². The number of nitrogens with one attached hydrogen (secondary N) is 2. The molecule has 1 unspecified atom stereocenters. The average molecular weight is 298 g/mol. The molecule has 0 bridgehead atoms. The second-order valence-electron chi connectivity index (χ2n) is 5.30. The molecule has 0 saturated heterocycles. The Morgan fingerprint density at radius 2 is 2.00 bits per heavy atom. The summed E-state index contributed by atoms with van der Waals surface area (Å²) in [6.07, 6.45) is -0.210. The Balaban J connectivity index is 2.82. The molecule has 1 rings (SSSR count). The molecule has 0 aromatic heterocycles. The van der Waals surface area contributed by atoms with Crippen molar-refractivity contribution in [2.24, 2.45) is 5.92 Å². The topological polar surface area (TPSA) is 98.7 Å². The fourth-order valence-corrected chi connectivity index (χ4v) is 1.64.